The minimum atomic E-state index is -0.436. The van der Waals surface area contributed by atoms with Gasteiger partial charge in [0.1, 0.15) is 5.69 Å². The molecule has 0 aliphatic rings. The smallest absolute Gasteiger partial charge is 0.337 e. The van der Waals surface area contributed by atoms with E-state index in [1.165, 1.54) is 13.3 Å². The third-order valence-electron chi connectivity index (χ3n) is 4.25. The normalized spacial score (nSPS) is 10.3. The summed E-state index contributed by atoms with van der Waals surface area (Å²) >= 11 is 0. The van der Waals surface area contributed by atoms with Crippen molar-refractivity contribution in [2.45, 2.75) is 6.42 Å². The average molecular weight is 391 g/mol. The van der Waals surface area contributed by atoms with E-state index in [9.17, 15) is 9.59 Å². The van der Waals surface area contributed by atoms with Gasteiger partial charge < -0.3 is 15.0 Å². The van der Waals surface area contributed by atoms with Crippen LogP contribution in [0.4, 0.5) is 11.6 Å². The van der Waals surface area contributed by atoms with Crippen LogP contribution in [-0.2, 0) is 11.2 Å². The highest BCUT2D eigenvalue weighted by Gasteiger charge is 2.14. The number of nitrogens with zero attached hydrogens (tertiary/aromatic N) is 4. The second-order valence-corrected chi connectivity index (χ2v) is 6.30. The predicted octanol–water partition coefficient (Wildman–Crippen LogP) is 2.72. The predicted molar refractivity (Wildman–Crippen MR) is 108 cm³/mol. The Balaban J connectivity index is 1.67. The Labute approximate surface area is 168 Å². The average Bonchev–Trinajstić information content (AvgIpc) is 2.77. The molecule has 0 saturated carbocycles. The van der Waals surface area contributed by atoms with Crippen molar-refractivity contribution in [1.29, 1.82) is 0 Å². The van der Waals surface area contributed by atoms with Crippen LogP contribution < -0.4 is 5.32 Å². The molecule has 3 rings (SSSR count). The second-order valence-electron chi connectivity index (χ2n) is 6.30. The van der Waals surface area contributed by atoms with Gasteiger partial charge in [-0.2, -0.15) is 0 Å². The van der Waals surface area contributed by atoms with Crippen LogP contribution in [0.25, 0.3) is 0 Å². The van der Waals surface area contributed by atoms with Gasteiger partial charge in [-0.3, -0.25) is 9.78 Å². The van der Waals surface area contributed by atoms with Crippen LogP contribution in [0, 0.1) is 0 Å². The first-order chi connectivity index (χ1) is 14.1. The zero-order valence-corrected chi connectivity index (χ0v) is 16.2. The first-order valence-electron chi connectivity index (χ1n) is 8.99. The van der Waals surface area contributed by atoms with E-state index in [0.29, 0.717) is 17.8 Å². The number of aromatic nitrogens is 3. The quantitative estimate of drug-likeness (QED) is 0.619. The summed E-state index contributed by atoms with van der Waals surface area (Å²) in [7, 11) is 3.06. The molecule has 0 radical (unpaired) electrons. The van der Waals surface area contributed by atoms with Crippen LogP contribution in [-0.4, -0.2) is 52.4 Å². The molecule has 148 valence electrons. The lowest BCUT2D eigenvalue weighted by molar-refractivity contribution is 0.0600. The SMILES string of the molecule is COC(=O)c1cccc(Nc2nccc(C(=O)N(C)CCc3ccncc3)n2)c1. The molecule has 0 saturated heterocycles. The summed E-state index contributed by atoms with van der Waals surface area (Å²) in [4.78, 5) is 38.4. The summed E-state index contributed by atoms with van der Waals surface area (Å²) in [5.74, 6) is -0.373. The lowest BCUT2D eigenvalue weighted by Gasteiger charge is -2.17. The maximum atomic E-state index is 12.7. The molecule has 3 aromatic rings. The molecule has 1 amide bonds. The fraction of sp³-hybridized carbons (Fsp3) is 0.190. The summed E-state index contributed by atoms with van der Waals surface area (Å²) in [6.45, 7) is 0.552. The van der Waals surface area contributed by atoms with E-state index in [1.807, 2.05) is 12.1 Å². The van der Waals surface area contributed by atoms with E-state index in [2.05, 4.69) is 20.3 Å². The van der Waals surface area contributed by atoms with Gasteiger partial charge in [-0.05, 0) is 48.4 Å². The fourth-order valence-corrected chi connectivity index (χ4v) is 2.65. The lowest BCUT2D eigenvalue weighted by atomic mass is 10.2. The van der Waals surface area contributed by atoms with Gasteiger partial charge in [0.25, 0.3) is 5.91 Å². The minimum Gasteiger partial charge on any atom is -0.465 e. The Morgan fingerprint density at radius 1 is 1.10 bits per heavy atom. The molecule has 2 aromatic heterocycles. The Kier molecular flexibility index (Phi) is 6.47. The number of hydrogen-bond acceptors (Lipinski definition) is 7. The Hall–Kier alpha value is -3.81. The molecule has 0 atom stereocenters. The maximum Gasteiger partial charge on any atom is 0.337 e. The number of carbonyl (C=O) groups excluding carboxylic acids is 2. The molecule has 1 N–H and O–H groups in total. The molecule has 29 heavy (non-hydrogen) atoms. The van der Waals surface area contributed by atoms with Gasteiger partial charge in [0, 0.05) is 37.9 Å². The highest BCUT2D eigenvalue weighted by molar-refractivity contribution is 5.92. The highest BCUT2D eigenvalue weighted by Crippen LogP contribution is 2.16. The van der Waals surface area contributed by atoms with E-state index in [-0.39, 0.29) is 17.5 Å². The molecule has 0 spiro atoms. The first-order valence-corrected chi connectivity index (χ1v) is 8.99. The highest BCUT2D eigenvalue weighted by atomic mass is 16.5. The van der Waals surface area contributed by atoms with Crippen LogP contribution in [0.1, 0.15) is 26.4 Å². The summed E-state index contributed by atoms with van der Waals surface area (Å²) in [5, 5.41) is 3.01. The monoisotopic (exact) mass is 391 g/mol. The summed E-state index contributed by atoms with van der Waals surface area (Å²) < 4.78 is 4.72. The van der Waals surface area contributed by atoms with Crippen molar-refractivity contribution in [1.82, 2.24) is 19.9 Å². The maximum absolute atomic E-state index is 12.7. The molecule has 8 nitrogen and oxygen atoms in total. The number of hydrogen-bond donors (Lipinski definition) is 1. The van der Waals surface area contributed by atoms with Crippen molar-refractivity contribution in [3.8, 4) is 0 Å². The van der Waals surface area contributed by atoms with Gasteiger partial charge in [0.15, 0.2) is 0 Å². The zero-order valence-electron chi connectivity index (χ0n) is 16.2. The number of nitrogens with one attached hydrogen (secondary N) is 1. The number of benzene rings is 1. The van der Waals surface area contributed by atoms with Crippen LogP contribution in [0.15, 0.2) is 61.1 Å². The number of pyridine rings is 1. The third-order valence-corrected chi connectivity index (χ3v) is 4.25. The standard InChI is InChI=1S/C21H21N5O3/c1-26(13-9-15-6-10-22-11-7-15)19(27)18-8-12-23-21(25-18)24-17-5-3-4-16(14-17)20(28)29-2/h3-8,10-12,14H,9,13H2,1-2H3,(H,23,24,25). The zero-order chi connectivity index (χ0) is 20.6. The number of carbonyl (C=O) groups is 2. The number of rotatable bonds is 7. The van der Waals surface area contributed by atoms with Crippen LogP contribution >= 0.6 is 0 Å². The Morgan fingerprint density at radius 3 is 2.66 bits per heavy atom. The largest absolute Gasteiger partial charge is 0.465 e. The van der Waals surface area contributed by atoms with Gasteiger partial charge in [0.2, 0.25) is 5.95 Å². The molecule has 8 heteroatoms. The van der Waals surface area contributed by atoms with Gasteiger partial charge >= 0.3 is 5.97 Å². The van der Waals surface area contributed by atoms with Crippen molar-refractivity contribution in [3.63, 3.8) is 0 Å². The van der Waals surface area contributed by atoms with Gasteiger partial charge in [-0.25, -0.2) is 14.8 Å². The van der Waals surface area contributed by atoms with E-state index in [1.54, 1.807) is 54.7 Å². The van der Waals surface area contributed by atoms with Crippen LogP contribution in [0.5, 0.6) is 0 Å². The van der Waals surface area contributed by atoms with Crippen molar-refractivity contribution in [3.05, 3.63) is 77.9 Å². The lowest BCUT2D eigenvalue weighted by Crippen LogP contribution is -2.29. The summed E-state index contributed by atoms with van der Waals surface area (Å²) in [6, 6.07) is 12.2. The van der Waals surface area contributed by atoms with Gasteiger partial charge in [0.05, 0.1) is 12.7 Å². The fourth-order valence-electron chi connectivity index (χ4n) is 2.65. The first kappa shape index (κ1) is 19.9. The Morgan fingerprint density at radius 2 is 1.90 bits per heavy atom. The van der Waals surface area contributed by atoms with Gasteiger partial charge in [-0.1, -0.05) is 6.07 Å². The molecule has 0 fully saturated rings. The number of likely N-dealkylation sites (N-methyl/N-ethyl adjacent to an activating group) is 1. The van der Waals surface area contributed by atoms with Crippen molar-refractivity contribution >= 4 is 23.5 Å². The Bertz CT molecular complexity index is 994. The molecule has 0 unspecified atom stereocenters. The molecule has 0 aliphatic carbocycles. The number of methoxy groups -OCH3 is 1. The van der Waals surface area contributed by atoms with E-state index in [4.69, 9.17) is 4.74 Å². The third kappa shape index (κ3) is 5.35. The van der Waals surface area contributed by atoms with Crippen LogP contribution in [0.3, 0.4) is 0 Å². The summed E-state index contributed by atoms with van der Waals surface area (Å²) in [6.07, 6.45) is 5.70. The van der Waals surface area contributed by atoms with Crippen LogP contribution in [0.2, 0.25) is 0 Å². The topological polar surface area (TPSA) is 97.3 Å². The number of ether oxygens (including phenoxy) is 1. The molecule has 2 heterocycles. The van der Waals surface area contributed by atoms with Gasteiger partial charge in [-0.15, -0.1) is 0 Å². The number of anilines is 2. The van der Waals surface area contributed by atoms with E-state index in [0.717, 1.165) is 12.0 Å². The molecule has 1 aromatic carbocycles. The van der Waals surface area contributed by atoms with E-state index >= 15 is 0 Å². The molecule has 0 bridgehead atoms. The van der Waals surface area contributed by atoms with Crippen molar-refractivity contribution < 1.29 is 14.3 Å². The summed E-state index contributed by atoms with van der Waals surface area (Å²) in [5.41, 5.74) is 2.41. The number of esters is 1. The van der Waals surface area contributed by atoms with Crippen molar-refractivity contribution in [2.24, 2.45) is 0 Å². The second kappa shape index (κ2) is 9.41. The molecular formula is C21H21N5O3. The van der Waals surface area contributed by atoms with Crippen molar-refractivity contribution in [2.75, 3.05) is 26.0 Å². The molecule has 0 aliphatic heterocycles. The molecular weight excluding hydrogens is 370 g/mol. The van der Waals surface area contributed by atoms with E-state index < -0.39 is 5.97 Å². The number of amides is 1. The minimum absolute atomic E-state index is 0.201.